The maximum absolute atomic E-state index is 12.9. The summed E-state index contributed by atoms with van der Waals surface area (Å²) in [4.78, 5) is 31.8. The number of nitrogens with zero attached hydrogens (tertiary/aromatic N) is 3. The second kappa shape index (κ2) is 7.44. The zero-order valence-corrected chi connectivity index (χ0v) is 16.4. The van der Waals surface area contributed by atoms with Crippen molar-refractivity contribution in [2.75, 3.05) is 18.7 Å². The van der Waals surface area contributed by atoms with Crippen molar-refractivity contribution in [3.05, 3.63) is 79.3 Å². The molecule has 0 aliphatic carbocycles. The average Bonchev–Trinajstić information content (AvgIpc) is 3.03. The Kier molecular flexibility index (Phi) is 4.83. The lowest BCUT2D eigenvalue weighted by molar-refractivity contribution is 0.101. The molecule has 2 aromatic carbocycles. The van der Waals surface area contributed by atoms with E-state index in [0.717, 1.165) is 17.0 Å². The number of thiazole rings is 1. The fraction of sp³-hybridized carbons (Fsp3) is 0.190. The van der Waals surface area contributed by atoms with Gasteiger partial charge in [0.2, 0.25) is 0 Å². The summed E-state index contributed by atoms with van der Waals surface area (Å²) in [5.41, 5.74) is 2.39. The van der Waals surface area contributed by atoms with Crippen molar-refractivity contribution in [1.82, 2.24) is 4.57 Å². The first-order valence-corrected chi connectivity index (χ1v) is 9.62. The first-order valence-electron chi connectivity index (χ1n) is 8.81. The van der Waals surface area contributed by atoms with Crippen molar-refractivity contribution < 1.29 is 9.53 Å². The number of ketones is 1. The molecule has 0 radical (unpaired) electrons. The van der Waals surface area contributed by atoms with Gasteiger partial charge in [-0.2, -0.15) is 0 Å². The van der Waals surface area contributed by atoms with E-state index in [9.17, 15) is 9.59 Å². The van der Waals surface area contributed by atoms with Gasteiger partial charge in [0.15, 0.2) is 10.6 Å². The third-order valence-corrected chi connectivity index (χ3v) is 5.65. The van der Waals surface area contributed by atoms with E-state index in [1.54, 1.807) is 24.7 Å². The molecule has 0 unspecified atom stereocenters. The van der Waals surface area contributed by atoms with Gasteiger partial charge in [-0.05, 0) is 42.8 Å². The first-order chi connectivity index (χ1) is 13.5. The molecule has 28 heavy (non-hydrogen) atoms. The van der Waals surface area contributed by atoms with Crippen molar-refractivity contribution in [2.24, 2.45) is 4.99 Å². The van der Waals surface area contributed by atoms with Crippen LogP contribution in [0.25, 0.3) is 6.08 Å². The van der Waals surface area contributed by atoms with Crippen LogP contribution in [0, 0.1) is 0 Å². The number of anilines is 1. The van der Waals surface area contributed by atoms with E-state index in [4.69, 9.17) is 4.74 Å². The molecular formula is C21H19N3O3S. The minimum Gasteiger partial charge on any atom is -0.497 e. The van der Waals surface area contributed by atoms with E-state index in [-0.39, 0.29) is 11.3 Å². The number of hydrogen-bond acceptors (Lipinski definition) is 6. The first kappa shape index (κ1) is 18.2. The van der Waals surface area contributed by atoms with Gasteiger partial charge < -0.3 is 9.64 Å². The maximum Gasteiger partial charge on any atom is 0.271 e. The number of rotatable bonds is 4. The van der Waals surface area contributed by atoms with Gasteiger partial charge in [-0.1, -0.05) is 35.6 Å². The van der Waals surface area contributed by atoms with E-state index in [2.05, 4.69) is 4.99 Å². The highest BCUT2D eigenvalue weighted by Crippen LogP contribution is 2.18. The van der Waals surface area contributed by atoms with Gasteiger partial charge in [0, 0.05) is 11.3 Å². The number of carbonyl (C=O) groups is 1. The Balaban J connectivity index is 1.67. The fourth-order valence-corrected chi connectivity index (χ4v) is 4.01. The van der Waals surface area contributed by atoms with E-state index >= 15 is 0 Å². The summed E-state index contributed by atoms with van der Waals surface area (Å²) >= 11 is 1.39. The zero-order valence-electron chi connectivity index (χ0n) is 15.6. The maximum atomic E-state index is 12.9. The third-order valence-electron chi connectivity index (χ3n) is 4.61. The van der Waals surface area contributed by atoms with Crippen LogP contribution < -0.4 is 24.5 Å². The van der Waals surface area contributed by atoms with Gasteiger partial charge in [-0.25, -0.2) is 4.99 Å². The average molecular weight is 393 g/mol. The molecule has 0 spiro atoms. The molecular weight excluding hydrogens is 374 g/mol. The molecule has 7 heteroatoms. The van der Waals surface area contributed by atoms with Gasteiger partial charge in [-0.15, -0.1) is 0 Å². The lowest BCUT2D eigenvalue weighted by atomic mass is 10.1. The Morgan fingerprint density at radius 3 is 2.71 bits per heavy atom. The summed E-state index contributed by atoms with van der Waals surface area (Å²) in [5, 5.41) is 0. The van der Waals surface area contributed by atoms with Crippen LogP contribution in [0.4, 0.5) is 5.69 Å². The van der Waals surface area contributed by atoms with Crippen molar-refractivity contribution in [3.8, 4) is 5.75 Å². The second-order valence-corrected chi connectivity index (χ2v) is 7.50. The highest BCUT2D eigenvalue weighted by atomic mass is 32.1. The summed E-state index contributed by atoms with van der Waals surface area (Å²) in [6.07, 6.45) is 1.87. The van der Waals surface area contributed by atoms with Crippen LogP contribution in [0.3, 0.4) is 0 Å². The number of hydrogen-bond donors (Lipinski definition) is 0. The normalized spacial score (nSPS) is 13.8. The lowest BCUT2D eigenvalue weighted by Crippen LogP contribution is -2.42. The summed E-state index contributed by atoms with van der Waals surface area (Å²) in [6, 6.07) is 15.0. The van der Waals surface area contributed by atoms with Gasteiger partial charge >= 0.3 is 0 Å². The van der Waals surface area contributed by atoms with Crippen molar-refractivity contribution in [3.63, 3.8) is 0 Å². The van der Waals surface area contributed by atoms with E-state index in [0.29, 0.717) is 28.2 Å². The van der Waals surface area contributed by atoms with E-state index in [1.807, 2.05) is 53.4 Å². The third kappa shape index (κ3) is 3.48. The molecule has 3 aromatic rings. The van der Waals surface area contributed by atoms with Gasteiger partial charge in [0.1, 0.15) is 19.1 Å². The number of methoxy groups -OCH3 is 1. The molecule has 4 rings (SSSR count). The minimum absolute atomic E-state index is 0.0144. The van der Waals surface area contributed by atoms with Crippen LogP contribution in [0.2, 0.25) is 0 Å². The topological polar surface area (TPSA) is 63.9 Å². The summed E-state index contributed by atoms with van der Waals surface area (Å²) in [5.74, 6) is 0.790. The Morgan fingerprint density at radius 1 is 1.21 bits per heavy atom. The molecule has 0 saturated heterocycles. The summed E-state index contributed by atoms with van der Waals surface area (Å²) in [6.45, 7) is 2.40. The lowest BCUT2D eigenvalue weighted by Gasteiger charge is -2.25. The number of carbonyl (C=O) groups excluding carboxylic acids is 1. The van der Waals surface area contributed by atoms with Crippen LogP contribution in [-0.4, -0.2) is 24.1 Å². The van der Waals surface area contributed by atoms with Crippen LogP contribution in [0.15, 0.2) is 58.3 Å². The molecule has 2 heterocycles. The number of ether oxygens (including phenoxy) is 1. The van der Waals surface area contributed by atoms with Gasteiger partial charge in [0.05, 0.1) is 11.6 Å². The van der Waals surface area contributed by atoms with Crippen LogP contribution in [0.5, 0.6) is 5.75 Å². The molecule has 0 fully saturated rings. The highest BCUT2D eigenvalue weighted by molar-refractivity contribution is 7.07. The van der Waals surface area contributed by atoms with Crippen molar-refractivity contribution >= 4 is 28.9 Å². The molecule has 1 aliphatic rings. The molecule has 142 valence electrons. The molecule has 1 aromatic heterocycles. The standard InChI is InChI=1S/C21H19N3O3S/c1-14(25)16-4-3-5-17(11-16)23-12-22-21-24(13-23)20(26)19(28-21)10-15-6-8-18(27-2)9-7-15/h3-11H,12-13H2,1-2H3/b19-10+. The molecule has 0 amide bonds. The predicted octanol–water partition coefficient (Wildman–Crippen LogP) is 2.00. The Hall–Kier alpha value is -3.19. The highest BCUT2D eigenvalue weighted by Gasteiger charge is 2.16. The van der Waals surface area contributed by atoms with Crippen molar-refractivity contribution in [2.45, 2.75) is 13.6 Å². The number of Topliss-reactive ketones (excluding diaryl/α,β-unsaturated/α-hetero) is 1. The summed E-state index contributed by atoms with van der Waals surface area (Å²) < 4.78 is 7.48. The van der Waals surface area contributed by atoms with Crippen molar-refractivity contribution in [1.29, 1.82) is 0 Å². The molecule has 0 atom stereocenters. The number of aromatic nitrogens is 1. The Morgan fingerprint density at radius 2 is 2.00 bits per heavy atom. The number of benzene rings is 2. The number of fused-ring (bicyclic) bond motifs is 1. The SMILES string of the molecule is COc1ccc(/C=c2/sc3n(c2=O)CN(c2cccc(C(C)=O)c2)CN=3)cc1. The quantitative estimate of drug-likeness (QED) is 0.636. The predicted molar refractivity (Wildman–Crippen MR) is 110 cm³/mol. The minimum atomic E-state index is -0.0630. The van der Waals surface area contributed by atoms with Gasteiger partial charge in [0.25, 0.3) is 5.56 Å². The van der Waals surface area contributed by atoms with Crippen LogP contribution in [-0.2, 0) is 6.67 Å². The Bertz CT molecular complexity index is 1210. The van der Waals surface area contributed by atoms with Crippen LogP contribution >= 0.6 is 11.3 Å². The molecule has 6 nitrogen and oxygen atoms in total. The molecule has 0 saturated carbocycles. The molecule has 0 N–H and O–H groups in total. The smallest absolute Gasteiger partial charge is 0.271 e. The largest absolute Gasteiger partial charge is 0.497 e. The zero-order chi connectivity index (χ0) is 19.7. The van der Waals surface area contributed by atoms with Crippen LogP contribution in [0.1, 0.15) is 22.8 Å². The monoisotopic (exact) mass is 393 g/mol. The molecule has 0 bridgehead atoms. The fourth-order valence-electron chi connectivity index (χ4n) is 3.05. The molecule has 1 aliphatic heterocycles. The van der Waals surface area contributed by atoms with Gasteiger partial charge in [-0.3, -0.25) is 14.2 Å². The second-order valence-electron chi connectivity index (χ2n) is 6.49. The van der Waals surface area contributed by atoms with E-state index < -0.39 is 0 Å². The Labute approximate surface area is 165 Å². The van der Waals surface area contributed by atoms with E-state index in [1.165, 1.54) is 11.3 Å². The summed E-state index contributed by atoms with van der Waals surface area (Å²) in [7, 11) is 1.62.